The predicted octanol–water partition coefficient (Wildman–Crippen LogP) is 3.37. The standard InChI is InChI=1S/C18H18N2O2S/c1-10-5-6-14-12(7-10)8-15(23-14)17(21)20-13-4-2-3-11-9-19-18(22)16(11)13/h2-4,8,10H,5-7,9H2,1H3,(H,19,22)(H,20,21). The maximum Gasteiger partial charge on any atom is 0.265 e. The molecule has 1 aromatic carbocycles. The van der Waals surface area contributed by atoms with Crippen LogP contribution in [0.3, 0.4) is 0 Å². The van der Waals surface area contributed by atoms with E-state index in [2.05, 4.69) is 17.6 Å². The molecule has 2 aromatic rings. The van der Waals surface area contributed by atoms with Gasteiger partial charge >= 0.3 is 0 Å². The maximum absolute atomic E-state index is 12.6. The lowest BCUT2D eigenvalue weighted by atomic mass is 9.90. The normalized spacial score (nSPS) is 19.0. The Labute approximate surface area is 138 Å². The minimum absolute atomic E-state index is 0.116. The average Bonchev–Trinajstić information content (AvgIpc) is 3.11. The van der Waals surface area contributed by atoms with Crippen molar-refractivity contribution in [2.75, 3.05) is 5.32 Å². The first-order chi connectivity index (χ1) is 11.1. The second-order valence-electron chi connectivity index (χ2n) is 6.38. The molecular formula is C18H18N2O2S. The summed E-state index contributed by atoms with van der Waals surface area (Å²) in [6.07, 6.45) is 3.32. The van der Waals surface area contributed by atoms with Crippen molar-refractivity contribution < 1.29 is 9.59 Å². The second-order valence-corrected chi connectivity index (χ2v) is 7.52. The molecule has 118 valence electrons. The van der Waals surface area contributed by atoms with Crippen LogP contribution in [0.2, 0.25) is 0 Å². The average molecular weight is 326 g/mol. The highest BCUT2D eigenvalue weighted by molar-refractivity contribution is 7.14. The molecule has 1 aromatic heterocycles. The Kier molecular flexibility index (Phi) is 3.45. The highest BCUT2D eigenvalue weighted by atomic mass is 32.1. The molecular weight excluding hydrogens is 308 g/mol. The number of nitrogens with one attached hydrogen (secondary N) is 2. The fourth-order valence-electron chi connectivity index (χ4n) is 3.39. The van der Waals surface area contributed by atoms with E-state index < -0.39 is 0 Å². The monoisotopic (exact) mass is 326 g/mol. The van der Waals surface area contributed by atoms with Gasteiger partial charge in [-0.1, -0.05) is 19.1 Å². The summed E-state index contributed by atoms with van der Waals surface area (Å²) >= 11 is 1.59. The minimum Gasteiger partial charge on any atom is -0.348 e. The van der Waals surface area contributed by atoms with Crippen LogP contribution in [-0.2, 0) is 19.4 Å². The van der Waals surface area contributed by atoms with Gasteiger partial charge in [0.2, 0.25) is 0 Å². The molecule has 5 heteroatoms. The van der Waals surface area contributed by atoms with Crippen molar-refractivity contribution in [2.45, 2.75) is 32.7 Å². The molecule has 2 aliphatic rings. The molecule has 0 fully saturated rings. The van der Waals surface area contributed by atoms with Crippen LogP contribution in [0.25, 0.3) is 0 Å². The number of fused-ring (bicyclic) bond motifs is 2. The molecule has 23 heavy (non-hydrogen) atoms. The fraction of sp³-hybridized carbons (Fsp3) is 0.333. The minimum atomic E-state index is -0.120. The number of benzene rings is 1. The number of aryl methyl sites for hydroxylation is 1. The van der Waals surface area contributed by atoms with Crippen LogP contribution in [0.5, 0.6) is 0 Å². The van der Waals surface area contributed by atoms with Gasteiger partial charge in [-0.15, -0.1) is 11.3 Å². The van der Waals surface area contributed by atoms with Gasteiger partial charge in [0.25, 0.3) is 11.8 Å². The summed E-state index contributed by atoms with van der Waals surface area (Å²) in [7, 11) is 0. The number of hydrogen-bond acceptors (Lipinski definition) is 3. The van der Waals surface area contributed by atoms with Crippen LogP contribution in [0, 0.1) is 5.92 Å². The van der Waals surface area contributed by atoms with Gasteiger partial charge in [-0.25, -0.2) is 0 Å². The first kappa shape index (κ1) is 14.5. The van der Waals surface area contributed by atoms with E-state index >= 15 is 0 Å². The molecule has 2 amide bonds. The van der Waals surface area contributed by atoms with Gasteiger partial charge in [0.1, 0.15) is 0 Å². The third kappa shape index (κ3) is 2.55. The van der Waals surface area contributed by atoms with E-state index in [1.165, 1.54) is 16.9 Å². The molecule has 0 bridgehead atoms. The van der Waals surface area contributed by atoms with Crippen LogP contribution < -0.4 is 10.6 Å². The molecule has 4 rings (SSSR count). The first-order valence-corrected chi connectivity index (χ1v) is 8.76. The summed E-state index contributed by atoms with van der Waals surface area (Å²) in [6.45, 7) is 2.79. The third-order valence-corrected chi connectivity index (χ3v) is 5.85. The van der Waals surface area contributed by atoms with Crippen LogP contribution in [0.1, 0.15) is 49.4 Å². The van der Waals surface area contributed by atoms with E-state index in [-0.39, 0.29) is 11.8 Å². The maximum atomic E-state index is 12.6. The molecule has 1 aliphatic carbocycles. The highest BCUT2D eigenvalue weighted by Crippen LogP contribution is 2.33. The van der Waals surface area contributed by atoms with Crippen molar-refractivity contribution >= 4 is 28.8 Å². The highest BCUT2D eigenvalue weighted by Gasteiger charge is 2.25. The van der Waals surface area contributed by atoms with E-state index in [1.54, 1.807) is 17.4 Å². The largest absolute Gasteiger partial charge is 0.348 e. The Morgan fingerprint density at radius 1 is 1.35 bits per heavy atom. The lowest BCUT2D eigenvalue weighted by Crippen LogP contribution is -2.16. The molecule has 0 saturated carbocycles. The van der Waals surface area contributed by atoms with Gasteiger partial charge in [-0.3, -0.25) is 9.59 Å². The predicted molar refractivity (Wildman–Crippen MR) is 91.1 cm³/mol. The number of carbonyl (C=O) groups excluding carboxylic acids is 2. The fourth-order valence-corrected chi connectivity index (χ4v) is 4.49. The molecule has 4 nitrogen and oxygen atoms in total. The first-order valence-electron chi connectivity index (χ1n) is 7.95. The molecule has 0 radical (unpaired) electrons. The second kappa shape index (κ2) is 5.49. The zero-order valence-corrected chi connectivity index (χ0v) is 13.8. The molecule has 0 spiro atoms. The van der Waals surface area contributed by atoms with Crippen LogP contribution in [-0.4, -0.2) is 11.8 Å². The Balaban J connectivity index is 1.60. The van der Waals surface area contributed by atoms with Crippen LogP contribution in [0.15, 0.2) is 24.3 Å². The molecule has 1 aliphatic heterocycles. The number of rotatable bonds is 2. The summed E-state index contributed by atoms with van der Waals surface area (Å²) in [6, 6.07) is 7.59. The van der Waals surface area contributed by atoms with Crippen LogP contribution >= 0.6 is 11.3 Å². The molecule has 0 saturated heterocycles. The molecule has 1 unspecified atom stereocenters. The van der Waals surface area contributed by atoms with Crippen molar-refractivity contribution in [1.29, 1.82) is 0 Å². The van der Waals surface area contributed by atoms with E-state index in [1.807, 2.05) is 18.2 Å². The van der Waals surface area contributed by atoms with Crippen LogP contribution in [0.4, 0.5) is 5.69 Å². The smallest absolute Gasteiger partial charge is 0.265 e. The zero-order chi connectivity index (χ0) is 16.0. The Morgan fingerprint density at radius 2 is 2.22 bits per heavy atom. The molecule has 2 heterocycles. The summed E-state index contributed by atoms with van der Waals surface area (Å²) in [5, 5.41) is 5.72. The number of thiophene rings is 1. The third-order valence-electron chi connectivity index (χ3n) is 4.62. The topological polar surface area (TPSA) is 58.2 Å². The van der Waals surface area contributed by atoms with Crippen molar-refractivity contribution in [1.82, 2.24) is 5.32 Å². The van der Waals surface area contributed by atoms with Gasteiger partial charge in [0.05, 0.1) is 16.1 Å². The van der Waals surface area contributed by atoms with Gasteiger partial charge in [0.15, 0.2) is 0 Å². The Hall–Kier alpha value is -2.14. The summed E-state index contributed by atoms with van der Waals surface area (Å²) in [5.74, 6) is 0.453. The van der Waals surface area contributed by atoms with Crippen molar-refractivity contribution in [3.63, 3.8) is 0 Å². The number of amides is 2. The van der Waals surface area contributed by atoms with Gasteiger partial charge in [-0.05, 0) is 48.4 Å². The van der Waals surface area contributed by atoms with E-state index in [0.29, 0.717) is 23.7 Å². The summed E-state index contributed by atoms with van der Waals surface area (Å²) < 4.78 is 0. The van der Waals surface area contributed by atoms with Gasteiger partial charge < -0.3 is 10.6 Å². The quantitative estimate of drug-likeness (QED) is 0.889. The van der Waals surface area contributed by atoms with Crippen molar-refractivity contribution in [3.8, 4) is 0 Å². The summed E-state index contributed by atoms with van der Waals surface area (Å²) in [5.41, 5.74) is 3.44. The molecule has 2 N–H and O–H groups in total. The zero-order valence-electron chi connectivity index (χ0n) is 12.9. The number of hydrogen-bond donors (Lipinski definition) is 2. The number of carbonyl (C=O) groups is 2. The summed E-state index contributed by atoms with van der Waals surface area (Å²) in [4.78, 5) is 26.6. The lowest BCUT2D eigenvalue weighted by molar-refractivity contribution is 0.0966. The SMILES string of the molecule is CC1CCc2sc(C(=O)Nc3cccc4c3C(=O)NC4)cc2C1. The van der Waals surface area contributed by atoms with E-state index in [0.717, 1.165) is 23.3 Å². The molecule has 1 atom stereocenters. The van der Waals surface area contributed by atoms with Gasteiger partial charge in [-0.2, -0.15) is 0 Å². The Bertz CT molecular complexity index is 809. The van der Waals surface area contributed by atoms with Gasteiger partial charge in [0, 0.05) is 11.4 Å². The van der Waals surface area contributed by atoms with Crippen molar-refractivity contribution in [2.24, 2.45) is 5.92 Å². The van der Waals surface area contributed by atoms with E-state index in [9.17, 15) is 9.59 Å². The lowest BCUT2D eigenvalue weighted by Gasteiger charge is -2.16. The van der Waals surface area contributed by atoms with Crippen molar-refractivity contribution in [3.05, 3.63) is 50.7 Å². The number of anilines is 1. The Morgan fingerprint density at radius 3 is 3.09 bits per heavy atom. The van der Waals surface area contributed by atoms with E-state index in [4.69, 9.17) is 0 Å².